The highest BCUT2D eigenvalue weighted by Gasteiger charge is 2.50. The van der Waals surface area contributed by atoms with Crippen LogP contribution in [0.1, 0.15) is 64.8 Å². The normalized spacial score (nSPS) is 23.0. The molecule has 2 aromatic rings. The van der Waals surface area contributed by atoms with E-state index in [1.54, 1.807) is 19.9 Å². The Bertz CT molecular complexity index is 794. The number of hydrogen-bond acceptors (Lipinski definition) is 5. The number of halogens is 2. The lowest BCUT2D eigenvalue weighted by Gasteiger charge is -2.20. The zero-order valence-electron chi connectivity index (χ0n) is 13.4. The molecule has 0 N–H and O–H groups in total. The Hall–Kier alpha value is -2.25. The lowest BCUT2D eigenvalue weighted by molar-refractivity contribution is 0.0116. The predicted molar refractivity (Wildman–Crippen MR) is 77.8 cm³/mol. The molecule has 0 unspecified atom stereocenters. The molecular weight excluding hydrogens is 320 g/mol. The third-order valence-corrected chi connectivity index (χ3v) is 4.49. The molecule has 128 valence electrons. The number of carbonyl (C=O) groups excluding carboxylic acids is 1. The van der Waals surface area contributed by atoms with E-state index in [9.17, 15) is 13.6 Å². The molecule has 2 fully saturated rings. The summed E-state index contributed by atoms with van der Waals surface area (Å²) in [6.45, 7) is 2.68. The number of furan rings is 1. The molecule has 0 bridgehead atoms. The third-order valence-electron chi connectivity index (χ3n) is 4.49. The van der Waals surface area contributed by atoms with Gasteiger partial charge in [-0.05, 0) is 32.8 Å². The summed E-state index contributed by atoms with van der Waals surface area (Å²) in [6.07, 6.45) is 1.45. The first kappa shape index (κ1) is 15.3. The van der Waals surface area contributed by atoms with Crippen molar-refractivity contribution in [2.75, 3.05) is 6.54 Å². The van der Waals surface area contributed by atoms with Crippen molar-refractivity contribution in [3.63, 3.8) is 0 Å². The standard InChI is InChI=1S/C16H17F2N3O3/c1-8-5-11(9(2)23-8)15(22)21-7-16(17,18)6-12(21)14-19-13(20-24-14)10-3-4-10/h5,10,12H,3-4,6-7H2,1-2H3/t12-/m0/s1. The molecule has 0 aromatic carbocycles. The maximum Gasteiger partial charge on any atom is 0.267 e. The summed E-state index contributed by atoms with van der Waals surface area (Å²) in [6, 6.07) is 0.649. The van der Waals surface area contributed by atoms with Crippen molar-refractivity contribution < 1.29 is 22.5 Å². The van der Waals surface area contributed by atoms with Crippen molar-refractivity contribution in [2.24, 2.45) is 0 Å². The van der Waals surface area contributed by atoms with Crippen LogP contribution in [0.2, 0.25) is 0 Å². The molecule has 2 aliphatic rings. The number of amides is 1. The van der Waals surface area contributed by atoms with Crippen molar-refractivity contribution in [1.82, 2.24) is 15.0 Å². The van der Waals surface area contributed by atoms with Gasteiger partial charge in [-0.2, -0.15) is 4.98 Å². The Morgan fingerprint density at radius 3 is 2.75 bits per heavy atom. The molecule has 0 spiro atoms. The van der Waals surface area contributed by atoms with Gasteiger partial charge in [0.05, 0.1) is 12.1 Å². The van der Waals surface area contributed by atoms with Crippen LogP contribution in [0.25, 0.3) is 0 Å². The fourth-order valence-electron chi connectivity index (χ4n) is 3.14. The maximum atomic E-state index is 14.0. The van der Waals surface area contributed by atoms with Crippen molar-refractivity contribution in [2.45, 2.75) is 51.0 Å². The van der Waals surface area contributed by atoms with Crippen LogP contribution in [-0.4, -0.2) is 33.4 Å². The van der Waals surface area contributed by atoms with Gasteiger partial charge in [0.15, 0.2) is 5.82 Å². The van der Waals surface area contributed by atoms with E-state index >= 15 is 0 Å². The monoisotopic (exact) mass is 337 g/mol. The first-order valence-electron chi connectivity index (χ1n) is 7.93. The van der Waals surface area contributed by atoms with E-state index in [4.69, 9.17) is 8.94 Å². The Labute approximate surface area is 136 Å². The fraction of sp³-hybridized carbons (Fsp3) is 0.562. The molecule has 1 aliphatic heterocycles. The number of hydrogen-bond donors (Lipinski definition) is 0. The molecule has 6 nitrogen and oxygen atoms in total. The summed E-state index contributed by atoms with van der Waals surface area (Å²) in [7, 11) is 0. The molecule has 1 atom stereocenters. The lowest BCUT2D eigenvalue weighted by Crippen LogP contribution is -2.33. The number of aromatic nitrogens is 2. The number of alkyl halides is 2. The fourth-order valence-corrected chi connectivity index (χ4v) is 3.14. The van der Waals surface area contributed by atoms with E-state index in [2.05, 4.69) is 10.1 Å². The van der Waals surface area contributed by atoms with Crippen LogP contribution in [0.3, 0.4) is 0 Å². The van der Waals surface area contributed by atoms with Crippen molar-refractivity contribution in [1.29, 1.82) is 0 Å². The molecule has 24 heavy (non-hydrogen) atoms. The van der Waals surface area contributed by atoms with Gasteiger partial charge in [-0.1, -0.05) is 5.16 Å². The van der Waals surface area contributed by atoms with Gasteiger partial charge >= 0.3 is 0 Å². The maximum absolute atomic E-state index is 14.0. The molecule has 1 saturated carbocycles. The minimum absolute atomic E-state index is 0.0836. The second kappa shape index (κ2) is 5.12. The minimum Gasteiger partial charge on any atom is -0.466 e. The zero-order valence-corrected chi connectivity index (χ0v) is 13.4. The van der Waals surface area contributed by atoms with E-state index in [0.29, 0.717) is 17.3 Å². The van der Waals surface area contributed by atoms with Crippen LogP contribution >= 0.6 is 0 Å². The summed E-state index contributed by atoms with van der Waals surface area (Å²) in [5.74, 6) is -1.63. The van der Waals surface area contributed by atoms with Gasteiger partial charge in [0.2, 0.25) is 5.89 Å². The zero-order chi connectivity index (χ0) is 17.1. The van der Waals surface area contributed by atoms with Gasteiger partial charge in [0, 0.05) is 12.3 Å². The highest BCUT2D eigenvalue weighted by molar-refractivity contribution is 5.95. The topological polar surface area (TPSA) is 72.4 Å². The molecule has 1 saturated heterocycles. The summed E-state index contributed by atoms with van der Waals surface area (Å²) in [5, 5.41) is 3.87. The van der Waals surface area contributed by atoms with Crippen molar-refractivity contribution in [3.05, 3.63) is 34.9 Å². The quantitative estimate of drug-likeness (QED) is 0.858. The second-order valence-electron chi connectivity index (χ2n) is 6.60. The molecule has 0 radical (unpaired) electrons. The second-order valence-corrected chi connectivity index (χ2v) is 6.60. The Balaban J connectivity index is 1.65. The predicted octanol–water partition coefficient (Wildman–Crippen LogP) is 3.38. The van der Waals surface area contributed by atoms with Crippen LogP contribution in [0, 0.1) is 13.8 Å². The lowest BCUT2D eigenvalue weighted by atomic mass is 10.1. The number of likely N-dealkylation sites (tertiary alicyclic amines) is 1. The summed E-state index contributed by atoms with van der Waals surface area (Å²) < 4.78 is 38.5. The van der Waals surface area contributed by atoms with E-state index in [-0.39, 0.29) is 17.4 Å². The average Bonchev–Trinajstić information content (AvgIpc) is 2.99. The number of nitrogens with zero attached hydrogens (tertiary/aromatic N) is 3. The van der Waals surface area contributed by atoms with E-state index in [1.165, 1.54) is 0 Å². The molecule has 3 heterocycles. The van der Waals surface area contributed by atoms with Gasteiger partial charge in [0.1, 0.15) is 17.6 Å². The highest BCUT2D eigenvalue weighted by Crippen LogP contribution is 2.43. The van der Waals surface area contributed by atoms with E-state index in [1.807, 2.05) is 0 Å². The van der Waals surface area contributed by atoms with Gasteiger partial charge < -0.3 is 13.8 Å². The number of aryl methyl sites for hydroxylation is 2. The number of rotatable bonds is 3. The molecule has 2 aromatic heterocycles. The van der Waals surface area contributed by atoms with Gasteiger partial charge in [-0.3, -0.25) is 4.79 Å². The van der Waals surface area contributed by atoms with Crippen LogP contribution in [0.4, 0.5) is 8.78 Å². The Morgan fingerprint density at radius 2 is 2.12 bits per heavy atom. The molecule has 1 amide bonds. The molecule has 8 heteroatoms. The summed E-state index contributed by atoms with van der Waals surface area (Å²) in [4.78, 5) is 18.1. The average molecular weight is 337 g/mol. The van der Waals surface area contributed by atoms with Crippen LogP contribution in [0.15, 0.2) is 15.0 Å². The summed E-state index contributed by atoms with van der Waals surface area (Å²) >= 11 is 0. The Morgan fingerprint density at radius 1 is 1.38 bits per heavy atom. The third kappa shape index (κ3) is 2.59. The SMILES string of the molecule is Cc1cc(C(=O)N2CC(F)(F)C[C@H]2c2nc(C3CC3)no2)c(C)o1. The van der Waals surface area contributed by atoms with Gasteiger partial charge in [-0.15, -0.1) is 0 Å². The number of carbonyl (C=O) groups is 1. The van der Waals surface area contributed by atoms with Crippen molar-refractivity contribution in [3.8, 4) is 0 Å². The first-order valence-corrected chi connectivity index (χ1v) is 7.93. The Kier molecular flexibility index (Phi) is 3.26. The van der Waals surface area contributed by atoms with Crippen LogP contribution in [0.5, 0.6) is 0 Å². The van der Waals surface area contributed by atoms with E-state index in [0.717, 1.165) is 17.7 Å². The molecule has 4 rings (SSSR count). The van der Waals surface area contributed by atoms with Gasteiger partial charge in [-0.25, -0.2) is 8.78 Å². The summed E-state index contributed by atoms with van der Waals surface area (Å²) in [5.41, 5.74) is 0.289. The van der Waals surface area contributed by atoms with E-state index < -0.39 is 30.8 Å². The van der Waals surface area contributed by atoms with Crippen LogP contribution < -0.4 is 0 Å². The first-order chi connectivity index (χ1) is 11.3. The smallest absolute Gasteiger partial charge is 0.267 e. The highest BCUT2D eigenvalue weighted by atomic mass is 19.3. The largest absolute Gasteiger partial charge is 0.466 e. The molecular formula is C16H17F2N3O3. The van der Waals surface area contributed by atoms with Gasteiger partial charge in [0.25, 0.3) is 11.8 Å². The van der Waals surface area contributed by atoms with Crippen molar-refractivity contribution >= 4 is 5.91 Å². The minimum atomic E-state index is -2.98. The van der Waals surface area contributed by atoms with Crippen LogP contribution in [-0.2, 0) is 0 Å². The molecule has 1 aliphatic carbocycles.